The molecule has 2 N–H and O–H groups in total. The highest BCUT2D eigenvalue weighted by Crippen LogP contribution is 2.28. The van der Waals surface area contributed by atoms with Crippen molar-refractivity contribution in [2.75, 3.05) is 6.54 Å². The molecule has 0 radical (unpaired) electrons. The number of amides is 1. The van der Waals surface area contributed by atoms with Gasteiger partial charge in [0.05, 0.1) is 5.60 Å². The van der Waals surface area contributed by atoms with Crippen LogP contribution < -0.4 is 5.32 Å². The van der Waals surface area contributed by atoms with Crippen molar-refractivity contribution in [1.29, 1.82) is 0 Å². The van der Waals surface area contributed by atoms with Crippen LogP contribution in [-0.2, 0) is 0 Å². The Hall–Kier alpha value is -1.42. The number of rotatable bonds is 3. The van der Waals surface area contributed by atoms with Gasteiger partial charge in [0.2, 0.25) is 0 Å². The number of aliphatic hydroxyl groups is 1. The molecule has 0 aliphatic heterocycles. The number of nitrogens with one attached hydrogen (secondary N) is 1. The summed E-state index contributed by atoms with van der Waals surface area (Å²) in [4.78, 5) is 15.6. The molecule has 1 aliphatic carbocycles. The molecular formula is C12H16N2O2. The third-order valence-electron chi connectivity index (χ3n) is 3.01. The highest BCUT2D eigenvalue weighted by Gasteiger charge is 2.31. The number of hydrogen-bond acceptors (Lipinski definition) is 3. The Morgan fingerprint density at radius 3 is 2.81 bits per heavy atom. The van der Waals surface area contributed by atoms with Gasteiger partial charge >= 0.3 is 0 Å². The molecule has 4 heteroatoms. The molecule has 1 heterocycles. The molecule has 0 bridgehead atoms. The minimum atomic E-state index is -0.704. The summed E-state index contributed by atoms with van der Waals surface area (Å²) >= 11 is 0. The first-order valence-corrected chi connectivity index (χ1v) is 5.61. The summed E-state index contributed by atoms with van der Waals surface area (Å²) in [5, 5.41) is 12.8. The molecule has 1 amide bonds. The summed E-state index contributed by atoms with van der Waals surface area (Å²) in [6, 6.07) is 5.20. The van der Waals surface area contributed by atoms with Gasteiger partial charge in [0, 0.05) is 12.7 Å². The molecule has 16 heavy (non-hydrogen) atoms. The van der Waals surface area contributed by atoms with Crippen molar-refractivity contribution in [2.45, 2.75) is 31.3 Å². The topological polar surface area (TPSA) is 62.2 Å². The van der Waals surface area contributed by atoms with Gasteiger partial charge < -0.3 is 10.4 Å². The minimum absolute atomic E-state index is 0.221. The molecule has 0 atom stereocenters. The second-order valence-corrected chi connectivity index (χ2v) is 4.33. The lowest BCUT2D eigenvalue weighted by molar-refractivity contribution is 0.0448. The summed E-state index contributed by atoms with van der Waals surface area (Å²) in [7, 11) is 0. The zero-order valence-electron chi connectivity index (χ0n) is 9.15. The Kier molecular flexibility index (Phi) is 3.19. The first-order valence-electron chi connectivity index (χ1n) is 5.61. The van der Waals surface area contributed by atoms with E-state index in [4.69, 9.17) is 0 Å². The molecule has 1 fully saturated rings. The highest BCUT2D eigenvalue weighted by molar-refractivity contribution is 5.92. The second kappa shape index (κ2) is 4.61. The first kappa shape index (κ1) is 11.1. The van der Waals surface area contributed by atoms with Crippen molar-refractivity contribution in [3.8, 4) is 0 Å². The molecule has 0 saturated heterocycles. The third-order valence-corrected chi connectivity index (χ3v) is 3.01. The van der Waals surface area contributed by atoms with Gasteiger partial charge in [-0.25, -0.2) is 0 Å². The predicted molar refractivity (Wildman–Crippen MR) is 60.0 cm³/mol. The van der Waals surface area contributed by atoms with Crippen molar-refractivity contribution in [3.05, 3.63) is 30.1 Å². The molecule has 1 saturated carbocycles. The van der Waals surface area contributed by atoms with Crippen molar-refractivity contribution in [3.63, 3.8) is 0 Å². The Bertz CT molecular complexity index is 359. The van der Waals surface area contributed by atoms with Crippen LogP contribution in [0, 0.1) is 0 Å². The van der Waals surface area contributed by atoms with E-state index in [0.29, 0.717) is 12.2 Å². The van der Waals surface area contributed by atoms with Gasteiger partial charge in [-0.05, 0) is 25.0 Å². The van der Waals surface area contributed by atoms with E-state index in [1.165, 1.54) is 0 Å². The normalized spacial score (nSPS) is 18.3. The van der Waals surface area contributed by atoms with Crippen LogP contribution in [0.3, 0.4) is 0 Å². The third kappa shape index (κ3) is 2.58. The summed E-state index contributed by atoms with van der Waals surface area (Å²) in [5.74, 6) is -0.221. The SMILES string of the molecule is O=C(NCC1(O)CCCC1)c1ccccn1. The zero-order chi connectivity index (χ0) is 11.4. The lowest BCUT2D eigenvalue weighted by Gasteiger charge is -2.22. The largest absolute Gasteiger partial charge is 0.388 e. The van der Waals surface area contributed by atoms with Crippen LogP contribution in [0.4, 0.5) is 0 Å². The number of aromatic nitrogens is 1. The first-order chi connectivity index (χ1) is 7.70. The van der Waals surface area contributed by atoms with Gasteiger partial charge in [0.25, 0.3) is 5.91 Å². The van der Waals surface area contributed by atoms with E-state index < -0.39 is 5.60 Å². The van der Waals surface area contributed by atoms with Crippen LogP contribution >= 0.6 is 0 Å². The smallest absolute Gasteiger partial charge is 0.269 e. The van der Waals surface area contributed by atoms with E-state index in [9.17, 15) is 9.90 Å². The van der Waals surface area contributed by atoms with Gasteiger partial charge in [0.15, 0.2) is 0 Å². The van der Waals surface area contributed by atoms with Crippen LogP contribution in [0.1, 0.15) is 36.2 Å². The highest BCUT2D eigenvalue weighted by atomic mass is 16.3. The fraction of sp³-hybridized carbons (Fsp3) is 0.500. The molecule has 0 aromatic carbocycles. The maximum atomic E-state index is 11.7. The summed E-state index contributed by atoms with van der Waals surface area (Å²) < 4.78 is 0. The quantitative estimate of drug-likeness (QED) is 0.802. The van der Waals surface area contributed by atoms with Crippen molar-refractivity contribution in [1.82, 2.24) is 10.3 Å². The van der Waals surface area contributed by atoms with E-state index in [0.717, 1.165) is 25.7 Å². The number of carbonyl (C=O) groups is 1. The molecular weight excluding hydrogens is 204 g/mol. The molecule has 1 aromatic heterocycles. The van der Waals surface area contributed by atoms with Crippen LogP contribution in [0.25, 0.3) is 0 Å². The van der Waals surface area contributed by atoms with Crippen LogP contribution in [0.15, 0.2) is 24.4 Å². The molecule has 0 unspecified atom stereocenters. The van der Waals surface area contributed by atoms with E-state index in [1.807, 2.05) is 0 Å². The number of hydrogen-bond donors (Lipinski definition) is 2. The van der Waals surface area contributed by atoms with Gasteiger partial charge in [-0.3, -0.25) is 9.78 Å². The number of carbonyl (C=O) groups excluding carboxylic acids is 1. The summed E-state index contributed by atoms with van der Waals surface area (Å²) in [6.07, 6.45) is 5.20. The number of pyridine rings is 1. The van der Waals surface area contributed by atoms with Crippen LogP contribution in [0.2, 0.25) is 0 Å². The van der Waals surface area contributed by atoms with Gasteiger partial charge in [-0.15, -0.1) is 0 Å². The average molecular weight is 220 g/mol. The molecule has 86 valence electrons. The van der Waals surface area contributed by atoms with Gasteiger partial charge in [0.1, 0.15) is 5.69 Å². The van der Waals surface area contributed by atoms with Gasteiger partial charge in [-0.1, -0.05) is 18.9 Å². The summed E-state index contributed by atoms with van der Waals surface area (Å²) in [6.45, 7) is 0.322. The lowest BCUT2D eigenvalue weighted by atomic mass is 10.0. The van der Waals surface area contributed by atoms with E-state index >= 15 is 0 Å². The molecule has 1 aliphatic rings. The molecule has 4 nitrogen and oxygen atoms in total. The van der Waals surface area contributed by atoms with Crippen molar-refractivity contribution in [2.24, 2.45) is 0 Å². The van der Waals surface area contributed by atoms with Crippen molar-refractivity contribution < 1.29 is 9.90 Å². The fourth-order valence-corrected chi connectivity index (χ4v) is 2.04. The van der Waals surface area contributed by atoms with Crippen LogP contribution in [0.5, 0.6) is 0 Å². The van der Waals surface area contributed by atoms with E-state index in [1.54, 1.807) is 24.4 Å². The van der Waals surface area contributed by atoms with Gasteiger partial charge in [-0.2, -0.15) is 0 Å². The minimum Gasteiger partial charge on any atom is -0.388 e. The van der Waals surface area contributed by atoms with Crippen LogP contribution in [-0.4, -0.2) is 28.1 Å². The monoisotopic (exact) mass is 220 g/mol. The molecule has 1 aromatic rings. The maximum absolute atomic E-state index is 11.7. The fourth-order valence-electron chi connectivity index (χ4n) is 2.04. The molecule has 0 spiro atoms. The Balaban J connectivity index is 1.89. The second-order valence-electron chi connectivity index (χ2n) is 4.33. The maximum Gasteiger partial charge on any atom is 0.269 e. The number of nitrogens with zero attached hydrogens (tertiary/aromatic N) is 1. The van der Waals surface area contributed by atoms with E-state index in [2.05, 4.69) is 10.3 Å². The average Bonchev–Trinajstić information content (AvgIpc) is 2.75. The van der Waals surface area contributed by atoms with E-state index in [-0.39, 0.29) is 5.91 Å². The standard InChI is InChI=1S/C12H16N2O2/c15-11(10-5-1-4-8-13-10)14-9-12(16)6-2-3-7-12/h1,4-5,8,16H,2-3,6-7,9H2,(H,14,15). The lowest BCUT2D eigenvalue weighted by Crippen LogP contribution is -2.40. The Morgan fingerprint density at radius 2 is 2.19 bits per heavy atom. The predicted octanol–water partition coefficient (Wildman–Crippen LogP) is 1.12. The summed E-state index contributed by atoms with van der Waals surface area (Å²) in [5.41, 5.74) is -0.311. The Morgan fingerprint density at radius 1 is 1.44 bits per heavy atom. The molecule has 2 rings (SSSR count). The van der Waals surface area contributed by atoms with Crippen molar-refractivity contribution >= 4 is 5.91 Å². The zero-order valence-corrected chi connectivity index (χ0v) is 9.15. The Labute approximate surface area is 94.7 Å².